The number of fused-ring (bicyclic) bond motifs is 5. The Labute approximate surface area is 419 Å². The van der Waals surface area contributed by atoms with Crippen LogP contribution in [0.15, 0.2) is 11.6 Å². The van der Waals surface area contributed by atoms with Crippen molar-refractivity contribution in [2.75, 3.05) is 33.0 Å². The van der Waals surface area contributed by atoms with Crippen molar-refractivity contribution in [3.05, 3.63) is 11.6 Å². The first-order chi connectivity index (χ1) is 34.2. The van der Waals surface area contributed by atoms with Gasteiger partial charge in [0.15, 0.2) is 25.2 Å². The van der Waals surface area contributed by atoms with Gasteiger partial charge in [-0.2, -0.15) is 0 Å². The van der Waals surface area contributed by atoms with Crippen molar-refractivity contribution in [2.24, 2.45) is 46.3 Å². The molecule has 4 aliphatic heterocycles. The summed E-state index contributed by atoms with van der Waals surface area (Å²) in [6.45, 7) is 6.04. The van der Waals surface area contributed by atoms with E-state index in [2.05, 4.69) is 33.8 Å². The summed E-state index contributed by atoms with van der Waals surface area (Å²) in [7, 11) is 0. The molecular formula is C50H82O22. The standard InChI is InChI=1S/C50H82O22/c1-21(2)6-5-7-22(16-51)27-15-28(55)33-25-9-8-23-14-24(10-12-49(23,3)26(25)11-13-50(27,33)4)66-47-41(64)43(42(32(19-54)69-47)70-45-39(62)37(60)35(58)30(17-52)67-45)71-48-44(34(57)29(56)20-65-48)72-46-40(63)38(61)36(59)31(18-53)68-46/h8,21-22,24-27,29-48,51-54,56-64H,5-7,9-20H2,1-4H3/t22-,24-,25+,26-,27+,29+,30+,31+,32+,33+,34+,35-,36-,37-,38-,39+,40+,41+,42+,43+,44-,45-,46+,47+,48-,49-,50+/m0/s1. The molecule has 72 heavy (non-hydrogen) atoms. The second-order valence-corrected chi connectivity index (χ2v) is 22.9. The molecule has 414 valence electrons. The molecule has 4 heterocycles. The fraction of sp³-hybridized carbons (Fsp3) is 0.940. The van der Waals surface area contributed by atoms with Crippen LogP contribution in [-0.2, 0) is 42.7 Å². The van der Waals surface area contributed by atoms with Gasteiger partial charge < -0.3 is 104 Å². The third-order valence-corrected chi connectivity index (χ3v) is 18.2. The minimum Gasteiger partial charge on any atom is -0.396 e. The molecule has 8 aliphatic rings. The van der Waals surface area contributed by atoms with E-state index in [4.69, 9.17) is 37.9 Å². The Morgan fingerprint density at radius 3 is 1.82 bits per heavy atom. The van der Waals surface area contributed by atoms with Gasteiger partial charge in [0, 0.05) is 18.9 Å². The number of carbonyl (C=O) groups excluding carboxylic acids is 1. The molecule has 22 nitrogen and oxygen atoms in total. The highest BCUT2D eigenvalue weighted by atomic mass is 16.8. The lowest BCUT2D eigenvalue weighted by Crippen LogP contribution is -2.67. The van der Waals surface area contributed by atoms with Gasteiger partial charge in [0.05, 0.1) is 32.5 Å². The molecule has 0 aromatic rings. The van der Waals surface area contributed by atoms with E-state index in [1.807, 2.05) is 0 Å². The van der Waals surface area contributed by atoms with Gasteiger partial charge in [0.1, 0.15) is 97.3 Å². The van der Waals surface area contributed by atoms with Crippen LogP contribution < -0.4 is 0 Å². The average Bonchev–Trinajstić information content (AvgIpc) is 3.63. The molecule has 13 N–H and O–H groups in total. The summed E-state index contributed by atoms with van der Waals surface area (Å²) in [5.74, 6) is 1.40. The van der Waals surface area contributed by atoms with E-state index in [9.17, 15) is 71.2 Å². The fourth-order valence-electron chi connectivity index (χ4n) is 14.0. The molecule has 0 unspecified atom stereocenters. The number of aliphatic hydroxyl groups is 13. The lowest BCUT2D eigenvalue weighted by molar-refractivity contribution is -0.396. The highest BCUT2D eigenvalue weighted by Gasteiger charge is 2.63. The molecule has 0 amide bonds. The number of hydrogen-bond acceptors (Lipinski definition) is 22. The summed E-state index contributed by atoms with van der Waals surface area (Å²) in [6, 6.07) is 0. The minimum absolute atomic E-state index is 0.0783. The van der Waals surface area contributed by atoms with Crippen molar-refractivity contribution in [3.63, 3.8) is 0 Å². The predicted molar refractivity (Wildman–Crippen MR) is 245 cm³/mol. The molecule has 7 fully saturated rings. The minimum atomic E-state index is -1.95. The Morgan fingerprint density at radius 2 is 1.22 bits per heavy atom. The number of ketones is 1. The first-order valence-corrected chi connectivity index (χ1v) is 26.2. The average molecular weight is 1040 g/mol. The SMILES string of the molecule is CC(C)CCC[C@@H](CO)[C@H]1CC(=O)[C@H]2[C@@H]3CC=C4C[C@@H](O[C@@H]5O[C@H](CO)[C@@H](O[C@@H]6O[C@H](CO)[C@H](O)[C@H](O)[C@H]6O)[C@H](O[C@@H]6OC[C@@H](O)[C@@H](O)[C@@H]6O[C@H]6O[C@H](CO)[C@H](O)[C@H](O)[C@H]6O)[C@H]5O)CC[C@]4(C)[C@H]3CC[C@]12C. The normalized spacial score (nSPS) is 50.2. The monoisotopic (exact) mass is 1030 g/mol. The van der Waals surface area contributed by atoms with Crippen LogP contribution >= 0.6 is 0 Å². The van der Waals surface area contributed by atoms with E-state index < -0.39 is 149 Å². The van der Waals surface area contributed by atoms with E-state index in [-0.39, 0.29) is 47.0 Å². The molecule has 3 saturated carbocycles. The smallest absolute Gasteiger partial charge is 0.187 e. The van der Waals surface area contributed by atoms with Gasteiger partial charge in [-0.1, -0.05) is 52.2 Å². The maximum atomic E-state index is 14.1. The molecule has 0 bridgehead atoms. The lowest BCUT2D eigenvalue weighted by Gasteiger charge is -2.58. The van der Waals surface area contributed by atoms with Gasteiger partial charge in [-0.15, -0.1) is 0 Å². The van der Waals surface area contributed by atoms with Crippen LogP contribution in [-0.4, -0.2) is 228 Å². The van der Waals surface area contributed by atoms with Crippen LogP contribution in [0.5, 0.6) is 0 Å². The van der Waals surface area contributed by atoms with Crippen LogP contribution in [0.4, 0.5) is 0 Å². The first kappa shape index (κ1) is 56.8. The van der Waals surface area contributed by atoms with Gasteiger partial charge in [-0.05, 0) is 85.4 Å². The third kappa shape index (κ3) is 10.8. The van der Waals surface area contributed by atoms with Crippen molar-refractivity contribution in [1.29, 1.82) is 0 Å². The summed E-state index contributed by atoms with van der Waals surface area (Å²) in [6.07, 6.45) is -23.5. The Morgan fingerprint density at radius 1 is 0.639 bits per heavy atom. The van der Waals surface area contributed by atoms with Gasteiger partial charge in [-0.25, -0.2) is 0 Å². The van der Waals surface area contributed by atoms with Crippen molar-refractivity contribution < 1.29 is 109 Å². The zero-order valence-electron chi connectivity index (χ0n) is 41.7. The largest absolute Gasteiger partial charge is 0.396 e. The van der Waals surface area contributed by atoms with E-state index in [0.29, 0.717) is 43.8 Å². The highest BCUT2D eigenvalue weighted by molar-refractivity contribution is 5.85. The Hall–Kier alpha value is -1.43. The topological polar surface area (TPSA) is 354 Å². The zero-order valence-corrected chi connectivity index (χ0v) is 41.7. The number of rotatable bonds is 17. The summed E-state index contributed by atoms with van der Waals surface area (Å²) in [4.78, 5) is 14.1. The van der Waals surface area contributed by atoms with E-state index in [0.717, 1.165) is 32.1 Å². The van der Waals surface area contributed by atoms with Crippen LogP contribution in [0.2, 0.25) is 0 Å². The van der Waals surface area contributed by atoms with Crippen LogP contribution in [0.1, 0.15) is 91.9 Å². The van der Waals surface area contributed by atoms with Crippen molar-refractivity contribution in [3.8, 4) is 0 Å². The number of hydrogen-bond donors (Lipinski definition) is 13. The summed E-state index contributed by atoms with van der Waals surface area (Å²) < 4.78 is 48.0. The predicted octanol–water partition coefficient (Wildman–Crippen LogP) is -2.52. The molecule has 0 radical (unpaired) electrons. The third-order valence-electron chi connectivity index (χ3n) is 18.2. The Balaban J connectivity index is 1.02. The number of aliphatic hydroxyl groups excluding tert-OH is 13. The molecular weight excluding hydrogens is 953 g/mol. The van der Waals surface area contributed by atoms with Crippen molar-refractivity contribution >= 4 is 5.78 Å². The summed E-state index contributed by atoms with van der Waals surface area (Å²) in [5.41, 5.74) is 0.731. The maximum Gasteiger partial charge on any atom is 0.187 e. The molecule has 8 rings (SSSR count). The quantitative estimate of drug-likeness (QED) is 0.0669. The number of ether oxygens (including phenoxy) is 8. The fourth-order valence-corrected chi connectivity index (χ4v) is 14.0. The van der Waals surface area contributed by atoms with E-state index in [1.54, 1.807) is 0 Å². The molecule has 4 aliphatic carbocycles. The molecule has 4 saturated heterocycles. The van der Waals surface area contributed by atoms with Crippen LogP contribution in [0.25, 0.3) is 0 Å². The molecule has 0 aromatic carbocycles. The molecule has 0 spiro atoms. The van der Waals surface area contributed by atoms with Crippen molar-refractivity contribution in [1.82, 2.24) is 0 Å². The second kappa shape index (κ2) is 23.3. The van der Waals surface area contributed by atoms with Gasteiger partial charge in [0.25, 0.3) is 0 Å². The van der Waals surface area contributed by atoms with Crippen molar-refractivity contribution in [2.45, 2.75) is 215 Å². The van der Waals surface area contributed by atoms with Gasteiger partial charge >= 0.3 is 0 Å². The first-order valence-electron chi connectivity index (χ1n) is 26.2. The Kier molecular flexibility index (Phi) is 18.3. The molecule has 27 atom stereocenters. The van der Waals surface area contributed by atoms with Crippen LogP contribution in [0, 0.1) is 46.3 Å². The maximum absolute atomic E-state index is 14.1. The number of Topliss-reactive ketones (excluding diaryl/α,β-unsaturated/α-hetero) is 1. The molecule has 0 aromatic heterocycles. The summed E-state index contributed by atoms with van der Waals surface area (Å²) in [5, 5.41) is 139. The molecule has 22 heteroatoms. The van der Waals surface area contributed by atoms with Gasteiger partial charge in [-0.3, -0.25) is 4.79 Å². The number of carbonyl (C=O) groups is 1. The number of allylic oxidation sites excluding steroid dienone is 1. The Bertz CT molecular complexity index is 1820. The van der Waals surface area contributed by atoms with E-state index in [1.165, 1.54) is 5.57 Å². The van der Waals surface area contributed by atoms with Crippen LogP contribution in [0.3, 0.4) is 0 Å². The zero-order chi connectivity index (χ0) is 52.1. The summed E-state index contributed by atoms with van der Waals surface area (Å²) >= 11 is 0. The highest BCUT2D eigenvalue weighted by Crippen LogP contribution is 2.66. The lowest BCUT2D eigenvalue weighted by atomic mass is 9.47. The van der Waals surface area contributed by atoms with E-state index >= 15 is 0 Å². The van der Waals surface area contributed by atoms with Gasteiger partial charge in [0.2, 0.25) is 0 Å². The second-order valence-electron chi connectivity index (χ2n) is 22.9.